The molecule has 0 unspecified atom stereocenters. The Hall–Kier alpha value is -1.48. The maximum Gasteiger partial charge on any atom is 0.0482 e. The number of benzene rings is 1. The summed E-state index contributed by atoms with van der Waals surface area (Å²) in [4.78, 5) is 2.41. The Kier molecular flexibility index (Phi) is 2.78. The Balaban J connectivity index is 2.03. The number of anilines is 1. The lowest BCUT2D eigenvalue weighted by molar-refractivity contribution is 0.256. The van der Waals surface area contributed by atoms with Crippen molar-refractivity contribution >= 4 is 16.6 Å². The van der Waals surface area contributed by atoms with E-state index in [0.717, 1.165) is 5.69 Å². The first-order valence-electron chi connectivity index (χ1n) is 6.68. The van der Waals surface area contributed by atoms with E-state index in [4.69, 9.17) is 5.73 Å². The van der Waals surface area contributed by atoms with Gasteiger partial charge in [0, 0.05) is 29.8 Å². The van der Waals surface area contributed by atoms with E-state index < -0.39 is 0 Å². The molecule has 18 heavy (non-hydrogen) atoms. The Morgan fingerprint density at radius 1 is 1.17 bits per heavy atom. The highest BCUT2D eigenvalue weighted by Gasteiger charge is 2.21. The number of piperidine rings is 1. The Morgan fingerprint density at radius 3 is 2.61 bits per heavy atom. The van der Waals surface area contributed by atoms with Crippen LogP contribution in [0.5, 0.6) is 0 Å². The molecule has 0 amide bonds. The van der Waals surface area contributed by atoms with Gasteiger partial charge in [-0.15, -0.1) is 0 Å². The fraction of sp³-hybridized carbons (Fsp3) is 0.467. The van der Waals surface area contributed by atoms with E-state index in [-0.39, 0.29) is 0 Å². The lowest BCUT2D eigenvalue weighted by Crippen LogP contribution is -2.29. The minimum Gasteiger partial charge on any atom is -0.399 e. The van der Waals surface area contributed by atoms with Crippen molar-refractivity contribution < 1.29 is 0 Å². The van der Waals surface area contributed by atoms with Gasteiger partial charge in [-0.05, 0) is 62.7 Å². The minimum absolute atomic E-state index is 0.687. The SMILES string of the molecule is CN1CCC(c2cn(C)c3ccc(N)cc23)CC1. The Morgan fingerprint density at radius 2 is 1.89 bits per heavy atom. The predicted octanol–water partition coefficient (Wildman–Crippen LogP) is 2.57. The normalized spacial score (nSPS) is 18.6. The third-order valence-corrected chi connectivity index (χ3v) is 4.20. The van der Waals surface area contributed by atoms with Crippen LogP contribution in [0.4, 0.5) is 5.69 Å². The summed E-state index contributed by atoms with van der Waals surface area (Å²) in [5.41, 5.74) is 9.57. The first-order valence-corrected chi connectivity index (χ1v) is 6.68. The smallest absolute Gasteiger partial charge is 0.0482 e. The summed E-state index contributed by atoms with van der Waals surface area (Å²) in [5, 5.41) is 1.34. The molecule has 1 aliphatic rings. The number of nitrogens with zero attached hydrogens (tertiary/aromatic N) is 2. The van der Waals surface area contributed by atoms with Crippen LogP contribution in [0.2, 0.25) is 0 Å². The molecule has 2 heterocycles. The first-order chi connectivity index (χ1) is 8.65. The van der Waals surface area contributed by atoms with Crippen molar-refractivity contribution in [2.45, 2.75) is 18.8 Å². The molecule has 3 rings (SSSR count). The van der Waals surface area contributed by atoms with Gasteiger partial charge in [0.25, 0.3) is 0 Å². The van der Waals surface area contributed by atoms with Gasteiger partial charge in [-0.3, -0.25) is 0 Å². The molecule has 1 saturated heterocycles. The molecular formula is C15H21N3. The third kappa shape index (κ3) is 1.89. The van der Waals surface area contributed by atoms with Crippen LogP contribution < -0.4 is 5.73 Å². The Labute approximate surface area is 108 Å². The van der Waals surface area contributed by atoms with Crippen molar-refractivity contribution in [2.24, 2.45) is 7.05 Å². The second-order valence-electron chi connectivity index (χ2n) is 5.55. The Bertz CT molecular complexity index is 562. The van der Waals surface area contributed by atoms with Crippen LogP contribution in [0.25, 0.3) is 10.9 Å². The van der Waals surface area contributed by atoms with Crippen molar-refractivity contribution in [1.29, 1.82) is 0 Å². The van der Waals surface area contributed by atoms with Gasteiger partial charge >= 0.3 is 0 Å². The third-order valence-electron chi connectivity index (χ3n) is 4.20. The van der Waals surface area contributed by atoms with E-state index in [9.17, 15) is 0 Å². The zero-order chi connectivity index (χ0) is 12.7. The average molecular weight is 243 g/mol. The van der Waals surface area contributed by atoms with Gasteiger partial charge in [0.15, 0.2) is 0 Å². The number of nitrogens with two attached hydrogens (primary N) is 1. The lowest BCUT2D eigenvalue weighted by Gasteiger charge is -2.28. The predicted molar refractivity (Wildman–Crippen MR) is 76.8 cm³/mol. The quantitative estimate of drug-likeness (QED) is 0.781. The highest BCUT2D eigenvalue weighted by Crippen LogP contribution is 2.34. The van der Waals surface area contributed by atoms with E-state index in [1.807, 2.05) is 6.07 Å². The summed E-state index contributed by atoms with van der Waals surface area (Å²) >= 11 is 0. The minimum atomic E-state index is 0.687. The van der Waals surface area contributed by atoms with Crippen LogP contribution in [-0.4, -0.2) is 29.6 Å². The average Bonchev–Trinajstić information content (AvgIpc) is 2.67. The maximum absolute atomic E-state index is 5.94. The maximum atomic E-state index is 5.94. The molecule has 96 valence electrons. The van der Waals surface area contributed by atoms with Crippen LogP contribution in [0.1, 0.15) is 24.3 Å². The van der Waals surface area contributed by atoms with Crippen LogP contribution in [0, 0.1) is 0 Å². The molecule has 2 aromatic rings. The molecule has 1 fully saturated rings. The molecule has 0 saturated carbocycles. The molecule has 1 aromatic heterocycles. The van der Waals surface area contributed by atoms with E-state index in [2.05, 4.69) is 41.9 Å². The summed E-state index contributed by atoms with van der Waals surface area (Å²) in [6, 6.07) is 6.24. The summed E-state index contributed by atoms with van der Waals surface area (Å²) in [5.74, 6) is 0.687. The summed E-state index contributed by atoms with van der Waals surface area (Å²) in [6.45, 7) is 2.40. The molecule has 3 heteroatoms. The lowest BCUT2D eigenvalue weighted by atomic mass is 9.89. The molecule has 0 aliphatic carbocycles. The number of fused-ring (bicyclic) bond motifs is 1. The number of rotatable bonds is 1. The molecule has 0 atom stereocenters. The van der Waals surface area contributed by atoms with Crippen molar-refractivity contribution in [2.75, 3.05) is 25.9 Å². The van der Waals surface area contributed by atoms with Crippen LogP contribution in [0.3, 0.4) is 0 Å². The number of aromatic nitrogens is 1. The fourth-order valence-corrected chi connectivity index (χ4v) is 3.09. The first kappa shape index (κ1) is 11.6. The highest BCUT2D eigenvalue weighted by atomic mass is 15.1. The molecule has 0 bridgehead atoms. The largest absolute Gasteiger partial charge is 0.399 e. The summed E-state index contributed by atoms with van der Waals surface area (Å²) < 4.78 is 2.22. The number of aryl methyl sites for hydroxylation is 1. The number of likely N-dealkylation sites (tertiary alicyclic amines) is 1. The fourth-order valence-electron chi connectivity index (χ4n) is 3.09. The van der Waals surface area contributed by atoms with Gasteiger partial charge in [0.1, 0.15) is 0 Å². The van der Waals surface area contributed by atoms with Gasteiger partial charge < -0.3 is 15.2 Å². The van der Waals surface area contributed by atoms with Crippen molar-refractivity contribution in [3.05, 3.63) is 30.0 Å². The van der Waals surface area contributed by atoms with Crippen LogP contribution in [0.15, 0.2) is 24.4 Å². The number of nitrogen functional groups attached to an aromatic ring is 1. The molecule has 2 N–H and O–H groups in total. The number of hydrogen-bond donors (Lipinski definition) is 1. The summed E-state index contributed by atoms with van der Waals surface area (Å²) in [6.07, 6.45) is 4.80. The highest BCUT2D eigenvalue weighted by molar-refractivity contribution is 5.87. The van der Waals surface area contributed by atoms with E-state index in [1.165, 1.54) is 42.4 Å². The van der Waals surface area contributed by atoms with Crippen LogP contribution in [-0.2, 0) is 7.05 Å². The van der Waals surface area contributed by atoms with E-state index in [1.54, 1.807) is 0 Å². The van der Waals surface area contributed by atoms with Gasteiger partial charge in [0.2, 0.25) is 0 Å². The standard InChI is InChI=1S/C15H21N3/c1-17-7-5-11(6-8-17)14-10-18(2)15-4-3-12(16)9-13(14)15/h3-4,9-11H,5-8,16H2,1-2H3. The molecule has 0 spiro atoms. The zero-order valence-corrected chi connectivity index (χ0v) is 11.2. The van der Waals surface area contributed by atoms with Crippen molar-refractivity contribution in [3.63, 3.8) is 0 Å². The summed E-state index contributed by atoms with van der Waals surface area (Å²) in [7, 11) is 4.33. The van der Waals surface area contributed by atoms with Crippen molar-refractivity contribution in [1.82, 2.24) is 9.47 Å². The van der Waals surface area contributed by atoms with Crippen LogP contribution >= 0.6 is 0 Å². The second-order valence-corrected chi connectivity index (χ2v) is 5.55. The molecule has 1 aromatic carbocycles. The van der Waals surface area contributed by atoms with Crippen molar-refractivity contribution in [3.8, 4) is 0 Å². The zero-order valence-electron chi connectivity index (χ0n) is 11.2. The molecular weight excluding hydrogens is 222 g/mol. The monoisotopic (exact) mass is 243 g/mol. The topological polar surface area (TPSA) is 34.2 Å². The van der Waals surface area contributed by atoms with Gasteiger partial charge in [-0.1, -0.05) is 0 Å². The van der Waals surface area contributed by atoms with Gasteiger partial charge in [-0.25, -0.2) is 0 Å². The number of hydrogen-bond acceptors (Lipinski definition) is 2. The molecule has 3 nitrogen and oxygen atoms in total. The molecule has 0 radical (unpaired) electrons. The van der Waals surface area contributed by atoms with Gasteiger partial charge in [-0.2, -0.15) is 0 Å². The van der Waals surface area contributed by atoms with E-state index >= 15 is 0 Å². The van der Waals surface area contributed by atoms with Gasteiger partial charge in [0.05, 0.1) is 0 Å². The second kappa shape index (κ2) is 4.32. The molecule has 1 aliphatic heterocycles. The van der Waals surface area contributed by atoms with E-state index in [0.29, 0.717) is 5.92 Å².